The molecular weight excluding hydrogens is 355 g/mol. The zero-order valence-corrected chi connectivity index (χ0v) is 15.1. The minimum Gasteiger partial charge on any atom is -0.497 e. The number of hydrogen-bond donors (Lipinski definition) is 1. The van der Waals surface area contributed by atoms with Crippen molar-refractivity contribution in [2.75, 3.05) is 32.2 Å². The molecule has 1 aliphatic heterocycles. The third kappa shape index (κ3) is 3.80. The number of nitro benzene ring substituents is 1. The largest absolute Gasteiger partial charge is 0.497 e. The summed E-state index contributed by atoms with van der Waals surface area (Å²) in [7, 11) is 3.08. The molecular formula is C19H21FN2O5. The van der Waals surface area contributed by atoms with E-state index in [0.29, 0.717) is 48.7 Å². The Kier molecular flexibility index (Phi) is 5.18. The Hall–Kier alpha value is -2.87. The number of benzene rings is 2. The molecule has 0 saturated carbocycles. The van der Waals surface area contributed by atoms with Crippen molar-refractivity contribution in [2.24, 2.45) is 0 Å². The fraction of sp³-hybridized carbons (Fsp3) is 0.368. The van der Waals surface area contributed by atoms with Crippen LogP contribution >= 0.6 is 0 Å². The maximum Gasteiger partial charge on any atom is 0.295 e. The molecule has 1 fully saturated rings. The zero-order valence-electron chi connectivity index (χ0n) is 15.1. The average molecular weight is 376 g/mol. The number of piperidine rings is 1. The summed E-state index contributed by atoms with van der Waals surface area (Å²) in [6.07, 6.45) is 0.718. The van der Waals surface area contributed by atoms with Crippen molar-refractivity contribution in [2.45, 2.75) is 18.4 Å². The van der Waals surface area contributed by atoms with E-state index in [-0.39, 0.29) is 5.69 Å². The summed E-state index contributed by atoms with van der Waals surface area (Å²) in [5, 5.41) is 22.4. The van der Waals surface area contributed by atoms with Crippen LogP contribution in [0.1, 0.15) is 18.4 Å². The topological polar surface area (TPSA) is 85.1 Å². The number of aliphatic hydroxyl groups is 1. The average Bonchev–Trinajstić information content (AvgIpc) is 2.68. The van der Waals surface area contributed by atoms with Crippen LogP contribution in [0.5, 0.6) is 11.5 Å². The summed E-state index contributed by atoms with van der Waals surface area (Å²) in [6, 6.07) is 8.78. The Morgan fingerprint density at radius 1 is 1.11 bits per heavy atom. The lowest BCUT2D eigenvalue weighted by Crippen LogP contribution is -2.42. The van der Waals surface area contributed by atoms with E-state index in [4.69, 9.17) is 9.47 Å². The predicted octanol–water partition coefficient (Wildman–Crippen LogP) is 3.24. The highest BCUT2D eigenvalue weighted by Crippen LogP contribution is 2.39. The number of anilines is 1. The van der Waals surface area contributed by atoms with Crippen LogP contribution in [0.3, 0.4) is 0 Å². The second-order valence-corrected chi connectivity index (χ2v) is 6.51. The minimum absolute atomic E-state index is 0.275. The van der Waals surface area contributed by atoms with Gasteiger partial charge in [0.15, 0.2) is 0 Å². The van der Waals surface area contributed by atoms with E-state index in [2.05, 4.69) is 0 Å². The van der Waals surface area contributed by atoms with Gasteiger partial charge in [-0.3, -0.25) is 10.1 Å². The first kappa shape index (κ1) is 18.9. The van der Waals surface area contributed by atoms with E-state index in [1.54, 1.807) is 37.3 Å². The molecule has 144 valence electrons. The molecule has 1 saturated heterocycles. The molecule has 0 radical (unpaired) electrons. The molecule has 0 atom stereocenters. The first-order valence-electron chi connectivity index (χ1n) is 8.51. The number of nitro groups is 1. The molecule has 2 aromatic carbocycles. The molecule has 1 aliphatic rings. The molecule has 0 spiro atoms. The Bertz CT molecular complexity index is 828. The predicted molar refractivity (Wildman–Crippen MR) is 97.9 cm³/mol. The molecule has 1 heterocycles. The molecule has 0 unspecified atom stereocenters. The van der Waals surface area contributed by atoms with E-state index in [0.717, 1.165) is 6.07 Å². The van der Waals surface area contributed by atoms with Gasteiger partial charge in [0.25, 0.3) is 5.69 Å². The van der Waals surface area contributed by atoms with Crippen molar-refractivity contribution in [3.63, 3.8) is 0 Å². The lowest BCUT2D eigenvalue weighted by atomic mass is 9.84. The van der Waals surface area contributed by atoms with Crippen LogP contribution in [0.2, 0.25) is 0 Å². The van der Waals surface area contributed by atoms with Gasteiger partial charge in [0.2, 0.25) is 0 Å². The summed E-state index contributed by atoms with van der Waals surface area (Å²) in [6.45, 7) is 0.783. The highest BCUT2D eigenvalue weighted by molar-refractivity contribution is 5.63. The van der Waals surface area contributed by atoms with Gasteiger partial charge < -0.3 is 19.5 Å². The molecule has 0 aromatic heterocycles. The summed E-state index contributed by atoms with van der Waals surface area (Å²) in [5.41, 5.74) is -0.352. The molecule has 0 amide bonds. The molecule has 2 aromatic rings. The molecule has 27 heavy (non-hydrogen) atoms. The van der Waals surface area contributed by atoms with Crippen molar-refractivity contribution in [1.29, 1.82) is 0 Å². The quantitative estimate of drug-likeness (QED) is 0.637. The van der Waals surface area contributed by atoms with Gasteiger partial charge in [-0.2, -0.15) is 0 Å². The van der Waals surface area contributed by atoms with Crippen molar-refractivity contribution < 1.29 is 23.9 Å². The highest BCUT2D eigenvalue weighted by Gasteiger charge is 2.36. The molecule has 7 nitrogen and oxygen atoms in total. The lowest BCUT2D eigenvalue weighted by molar-refractivity contribution is -0.384. The second kappa shape index (κ2) is 7.40. The second-order valence-electron chi connectivity index (χ2n) is 6.51. The Morgan fingerprint density at radius 2 is 1.70 bits per heavy atom. The van der Waals surface area contributed by atoms with E-state index >= 15 is 0 Å². The van der Waals surface area contributed by atoms with Gasteiger partial charge in [-0.25, -0.2) is 4.39 Å². The first-order valence-corrected chi connectivity index (χ1v) is 8.51. The van der Waals surface area contributed by atoms with Crippen LogP contribution in [-0.2, 0) is 5.60 Å². The van der Waals surface area contributed by atoms with E-state index < -0.39 is 16.3 Å². The fourth-order valence-corrected chi connectivity index (χ4v) is 3.39. The van der Waals surface area contributed by atoms with Crippen molar-refractivity contribution in [3.05, 3.63) is 57.9 Å². The normalized spacial score (nSPS) is 16.1. The van der Waals surface area contributed by atoms with Gasteiger partial charge in [-0.05, 0) is 42.7 Å². The number of ether oxygens (including phenoxy) is 2. The van der Waals surface area contributed by atoms with E-state index in [1.165, 1.54) is 12.1 Å². The van der Waals surface area contributed by atoms with Gasteiger partial charge in [0, 0.05) is 19.2 Å². The monoisotopic (exact) mass is 376 g/mol. The summed E-state index contributed by atoms with van der Waals surface area (Å²) in [4.78, 5) is 12.4. The number of halogens is 1. The highest BCUT2D eigenvalue weighted by atomic mass is 19.1. The van der Waals surface area contributed by atoms with Crippen LogP contribution < -0.4 is 14.4 Å². The minimum atomic E-state index is -1.10. The number of nitrogens with zero attached hydrogens (tertiary/aromatic N) is 2. The van der Waals surface area contributed by atoms with Crippen LogP contribution in [-0.4, -0.2) is 37.3 Å². The summed E-state index contributed by atoms with van der Waals surface area (Å²) in [5.74, 6) is 0.506. The van der Waals surface area contributed by atoms with Gasteiger partial charge in [0.1, 0.15) is 23.0 Å². The van der Waals surface area contributed by atoms with Crippen molar-refractivity contribution in [1.82, 2.24) is 0 Å². The molecule has 8 heteroatoms. The first-order chi connectivity index (χ1) is 12.9. The fourth-order valence-electron chi connectivity index (χ4n) is 3.39. The molecule has 3 rings (SSSR count). The smallest absolute Gasteiger partial charge is 0.295 e. The lowest BCUT2D eigenvalue weighted by Gasteiger charge is -2.39. The van der Waals surface area contributed by atoms with Crippen LogP contribution in [0, 0.1) is 15.9 Å². The van der Waals surface area contributed by atoms with Crippen LogP contribution in [0.15, 0.2) is 36.4 Å². The molecule has 0 bridgehead atoms. The third-order valence-electron chi connectivity index (χ3n) is 4.95. The molecule has 0 aliphatic carbocycles. The van der Waals surface area contributed by atoms with Gasteiger partial charge in [-0.15, -0.1) is 0 Å². The van der Waals surface area contributed by atoms with E-state index in [1.807, 2.05) is 0 Å². The summed E-state index contributed by atoms with van der Waals surface area (Å²) >= 11 is 0. The maximum atomic E-state index is 13.4. The number of hydrogen-bond acceptors (Lipinski definition) is 6. The van der Waals surface area contributed by atoms with Gasteiger partial charge in [0.05, 0.1) is 30.8 Å². The Morgan fingerprint density at radius 3 is 2.22 bits per heavy atom. The van der Waals surface area contributed by atoms with Gasteiger partial charge in [-0.1, -0.05) is 0 Å². The Labute approximate surface area is 156 Å². The number of rotatable bonds is 5. The standard InChI is InChI=1S/C19H21FN2O5/c1-26-15-9-13(10-16(12-15)27-2)19(23)5-7-21(8-6-19)17-4-3-14(20)11-18(17)22(24)25/h3-4,9-12,23H,5-8H2,1-2H3. The zero-order chi connectivity index (χ0) is 19.6. The van der Waals surface area contributed by atoms with Crippen molar-refractivity contribution in [3.8, 4) is 11.5 Å². The Balaban J connectivity index is 1.84. The maximum absolute atomic E-state index is 13.4. The van der Waals surface area contributed by atoms with E-state index in [9.17, 15) is 19.6 Å². The molecule has 1 N–H and O–H groups in total. The van der Waals surface area contributed by atoms with Crippen LogP contribution in [0.25, 0.3) is 0 Å². The van der Waals surface area contributed by atoms with Crippen LogP contribution in [0.4, 0.5) is 15.8 Å². The van der Waals surface area contributed by atoms with Crippen molar-refractivity contribution >= 4 is 11.4 Å². The number of methoxy groups -OCH3 is 2. The summed E-state index contributed by atoms with van der Waals surface area (Å²) < 4.78 is 23.9. The van der Waals surface area contributed by atoms with Gasteiger partial charge >= 0.3 is 0 Å². The third-order valence-corrected chi connectivity index (χ3v) is 4.95. The SMILES string of the molecule is COc1cc(OC)cc(C2(O)CCN(c3ccc(F)cc3[N+](=O)[O-])CC2)c1.